The van der Waals surface area contributed by atoms with Crippen LogP contribution in [0.15, 0.2) is 90.4 Å². The second-order valence-corrected chi connectivity index (χ2v) is 23.2. The van der Waals surface area contributed by atoms with Gasteiger partial charge in [0, 0.05) is 61.5 Å². The number of rotatable bonds is 11. The van der Waals surface area contributed by atoms with E-state index in [1.54, 1.807) is 12.1 Å². The summed E-state index contributed by atoms with van der Waals surface area (Å²) in [5.74, 6) is 10.3. The first-order valence-electron chi connectivity index (χ1n) is 27.5. The Bertz CT molecular complexity index is 2920. The van der Waals surface area contributed by atoms with Gasteiger partial charge in [-0.2, -0.15) is 0 Å². The van der Waals surface area contributed by atoms with Crippen molar-refractivity contribution >= 4 is 22.3 Å². The number of methoxy groups -OCH3 is 1. The molecule has 17 atom stereocenters. The molecule has 12 heteroatoms. The van der Waals surface area contributed by atoms with Crippen molar-refractivity contribution in [3.63, 3.8) is 0 Å². The number of fused-ring (bicyclic) bond motifs is 9. The average Bonchev–Trinajstić information content (AvgIpc) is 3.92. The molecule has 2 aliphatic heterocycles. The van der Waals surface area contributed by atoms with Crippen molar-refractivity contribution in [1.82, 2.24) is 20.9 Å². The zero-order valence-corrected chi connectivity index (χ0v) is 42.2. The van der Waals surface area contributed by atoms with Gasteiger partial charge >= 0.3 is 0 Å². The van der Waals surface area contributed by atoms with Gasteiger partial charge in [-0.15, -0.1) is 0 Å². The summed E-state index contributed by atoms with van der Waals surface area (Å²) in [4.78, 5) is 32.1. The van der Waals surface area contributed by atoms with Crippen LogP contribution in [-0.2, 0) is 16.0 Å². The minimum Gasteiger partial charge on any atom is -0.504 e. The number of H-pyrrole nitrogens is 1. The number of Topliss-reactive ketones (excluding diaryl/α,β-unsaturated/α-hetero) is 2. The molecule has 6 aliphatic carbocycles. The molecule has 8 aliphatic rings. The Morgan fingerprint density at radius 1 is 0.918 bits per heavy atom. The van der Waals surface area contributed by atoms with Crippen LogP contribution < -0.4 is 26.4 Å². The third kappa shape index (κ3) is 8.24. The summed E-state index contributed by atoms with van der Waals surface area (Å²) in [6.07, 6.45) is 7.68. The van der Waals surface area contributed by atoms with E-state index in [2.05, 4.69) is 88.4 Å². The molecular formula is C61H73N5O7. The predicted octanol–water partition coefficient (Wildman–Crippen LogP) is 6.80. The molecule has 384 valence electrons. The Morgan fingerprint density at radius 2 is 1.74 bits per heavy atom. The fourth-order valence-corrected chi connectivity index (χ4v) is 16.9. The molecule has 1 saturated heterocycles. The summed E-state index contributed by atoms with van der Waals surface area (Å²) in [5.41, 5.74) is 11.1. The van der Waals surface area contributed by atoms with E-state index in [9.17, 15) is 25.2 Å². The zero-order chi connectivity index (χ0) is 50.3. The second-order valence-electron chi connectivity index (χ2n) is 23.2. The highest BCUT2D eigenvalue weighted by Gasteiger charge is 2.65. The lowest BCUT2D eigenvalue weighted by molar-refractivity contribution is -0.165. The quantitative estimate of drug-likeness (QED) is 0.0716. The van der Waals surface area contributed by atoms with E-state index in [-0.39, 0.29) is 66.3 Å². The average molecular weight is 988 g/mol. The number of nitrogens with one attached hydrogen (secondary N) is 4. The third-order valence-electron chi connectivity index (χ3n) is 20.0. The first-order chi connectivity index (χ1) is 35.5. The van der Waals surface area contributed by atoms with Crippen molar-refractivity contribution in [2.45, 2.75) is 119 Å². The number of hydrogen-bond donors (Lipinski definition) is 9. The number of nitrogens with two attached hydrogens (primary N) is 1. The Labute approximate surface area is 429 Å². The number of ketones is 2. The van der Waals surface area contributed by atoms with Gasteiger partial charge in [0.2, 0.25) is 0 Å². The van der Waals surface area contributed by atoms with Crippen LogP contribution >= 0.6 is 0 Å². The Balaban J connectivity index is 0.865. The van der Waals surface area contributed by atoms with E-state index in [1.165, 1.54) is 18.4 Å². The van der Waals surface area contributed by atoms with E-state index >= 15 is 4.79 Å². The number of allylic oxidation sites excluding steroid dienone is 2. The van der Waals surface area contributed by atoms with Crippen LogP contribution in [0.25, 0.3) is 10.8 Å². The number of hydrogen-bond acceptors (Lipinski definition) is 11. The minimum absolute atomic E-state index is 0.0355. The number of dihydropyridines is 1. The molecule has 0 unspecified atom stereocenters. The van der Waals surface area contributed by atoms with Crippen LogP contribution in [-0.4, -0.2) is 94.6 Å². The summed E-state index contributed by atoms with van der Waals surface area (Å²) in [6, 6.07) is 20.4. The van der Waals surface area contributed by atoms with Crippen molar-refractivity contribution in [3.8, 4) is 23.3 Å². The molecule has 12 nitrogen and oxygen atoms in total. The maximum atomic E-state index is 15.1. The van der Waals surface area contributed by atoms with Crippen LogP contribution in [0.4, 0.5) is 0 Å². The van der Waals surface area contributed by atoms with Gasteiger partial charge < -0.3 is 51.8 Å². The number of aromatic amines is 1. The number of ether oxygens (including phenoxy) is 1. The summed E-state index contributed by atoms with van der Waals surface area (Å²) in [6.45, 7) is 5.39. The highest BCUT2D eigenvalue weighted by molar-refractivity contribution is 5.89. The first kappa shape index (κ1) is 48.5. The van der Waals surface area contributed by atoms with Gasteiger partial charge in [-0.1, -0.05) is 67.3 Å². The second kappa shape index (κ2) is 19.4. The van der Waals surface area contributed by atoms with Gasteiger partial charge in [-0.05, 0) is 181 Å². The highest BCUT2D eigenvalue weighted by Crippen LogP contribution is 2.68. The van der Waals surface area contributed by atoms with Gasteiger partial charge in [0.25, 0.3) is 0 Å². The summed E-state index contributed by atoms with van der Waals surface area (Å²) < 4.78 is 5.58. The molecule has 12 rings (SSSR count). The highest BCUT2D eigenvalue weighted by atomic mass is 16.5. The first-order valence-corrected chi connectivity index (χ1v) is 27.5. The van der Waals surface area contributed by atoms with E-state index in [4.69, 9.17) is 10.5 Å². The standard InChI is InChI=1S/C61H73N5O7/c1-3-63-30-47-55-39(46-31-66-48-27-38(67)26-45-41-17-21-65-59(41)58(47)57(46)56(45)48)11-12-42-40(55)15-19-61(60(42)72)18-14-36(44-29-51(70)52(73-2)24-35(44)10-13-53(61)71)23-49(68)50(69)28-43(37-16-20-64-54(62)25-37)34-9-8-32-6-4-5-7-33(32)22-34/h4-9,16-17,21-22,24-25,29,36,39-40,42-43,45-50,55-58,60,63-66,68-70,72H,3,10-13,15,19-20,23,26-28,30-31,62H2,1-2H3/t36-,39+,40+,42+,43-,45-,46+,47-,48-,49-,50+,55+,56-,57+,58-,60+,61-/m0/s1. The van der Waals surface area contributed by atoms with Gasteiger partial charge in [0.1, 0.15) is 11.2 Å². The third-order valence-corrected chi connectivity index (χ3v) is 20.0. The lowest BCUT2D eigenvalue weighted by Crippen LogP contribution is -2.67. The fourth-order valence-electron chi connectivity index (χ4n) is 16.9. The molecule has 3 aromatic carbocycles. The maximum absolute atomic E-state index is 15.1. The number of carbonyl (C=O) groups excluding carboxylic acids is 2. The number of aliphatic hydroxyl groups excluding tert-OH is 3. The van der Waals surface area contributed by atoms with Crippen molar-refractivity contribution in [3.05, 3.63) is 118 Å². The number of piperidine rings is 1. The summed E-state index contributed by atoms with van der Waals surface area (Å²) in [5, 5.41) is 61.8. The van der Waals surface area contributed by atoms with Gasteiger partial charge in [0.05, 0.1) is 31.2 Å². The van der Waals surface area contributed by atoms with E-state index in [0.717, 1.165) is 66.4 Å². The molecule has 10 N–H and O–H groups in total. The van der Waals surface area contributed by atoms with Crippen LogP contribution in [0.5, 0.6) is 11.5 Å². The van der Waals surface area contributed by atoms with Gasteiger partial charge in [-0.25, -0.2) is 0 Å². The molecule has 5 fully saturated rings. The predicted molar refractivity (Wildman–Crippen MR) is 280 cm³/mol. The lowest BCUT2D eigenvalue weighted by atomic mass is 9.40. The number of aliphatic hydroxyl groups is 3. The molecule has 0 radical (unpaired) electrons. The van der Waals surface area contributed by atoms with Crippen molar-refractivity contribution < 1.29 is 34.8 Å². The summed E-state index contributed by atoms with van der Waals surface area (Å²) in [7, 11) is 1.50. The lowest BCUT2D eigenvalue weighted by Gasteiger charge is -2.66. The molecule has 1 aromatic heterocycles. The zero-order valence-electron chi connectivity index (χ0n) is 42.2. The van der Waals surface area contributed by atoms with Crippen molar-refractivity contribution in [1.29, 1.82) is 0 Å². The number of benzene rings is 3. The Hall–Kier alpha value is -5.42. The van der Waals surface area contributed by atoms with Crippen LogP contribution in [0.3, 0.4) is 0 Å². The van der Waals surface area contributed by atoms with Crippen LogP contribution in [0.2, 0.25) is 0 Å². The minimum atomic E-state index is -1.31. The SMILES string of the molecule is CCNC[C@@H]1[C@@H]2c3[nH]ccc3[C@@H]3CC(=O)C[C@@H]4NC[C@H]([C@H]5CC[C@@H]6[C@@H](CC[C@]7(C#C[C@@H](C[C@H](O)[C@H](O)C[C@H](C8=CCNC(N)=C8)c8ccc9ccccc9c8)c8cc(O)c(OC)cc8CCC7=O)[C@@H]6O)[C@@H]51)[C@@H]2[C@H]43. The molecule has 3 heterocycles. The molecular weight excluding hydrogens is 915 g/mol. The summed E-state index contributed by atoms with van der Waals surface area (Å²) >= 11 is 0. The molecule has 73 heavy (non-hydrogen) atoms. The molecule has 0 amide bonds. The van der Waals surface area contributed by atoms with Gasteiger partial charge in [-0.3, -0.25) is 9.59 Å². The van der Waals surface area contributed by atoms with Gasteiger partial charge in [0.15, 0.2) is 17.3 Å². The number of aryl methyl sites for hydroxylation is 1. The van der Waals surface area contributed by atoms with Crippen molar-refractivity contribution in [2.75, 3.05) is 33.3 Å². The largest absolute Gasteiger partial charge is 0.504 e. The normalized spacial score (nSPS) is 35.3. The Morgan fingerprint density at radius 3 is 2.56 bits per heavy atom. The molecule has 0 bridgehead atoms. The van der Waals surface area contributed by atoms with Crippen LogP contribution in [0.1, 0.15) is 116 Å². The van der Waals surface area contributed by atoms with Crippen LogP contribution in [0, 0.1) is 64.6 Å². The molecule has 1 spiro atoms. The number of aromatic nitrogens is 1. The van der Waals surface area contributed by atoms with E-state index in [1.807, 2.05) is 18.2 Å². The topological polar surface area (TPSA) is 202 Å². The number of phenolic OH excluding ortho intramolecular Hbond substituents is 1. The maximum Gasteiger partial charge on any atom is 0.160 e. The number of aromatic hydroxyl groups is 1. The monoisotopic (exact) mass is 988 g/mol. The van der Waals surface area contributed by atoms with E-state index in [0.29, 0.717) is 90.8 Å². The fraction of sp³-hybridized carbons (Fsp3) is 0.541. The molecule has 4 aromatic rings. The van der Waals surface area contributed by atoms with Crippen molar-refractivity contribution in [2.24, 2.45) is 58.5 Å². The molecule has 4 saturated carbocycles. The smallest absolute Gasteiger partial charge is 0.160 e. The number of phenols is 1. The van der Waals surface area contributed by atoms with E-state index < -0.39 is 29.6 Å². The number of carbonyl (C=O) groups is 2. The Kier molecular flexibility index (Phi) is 12.9.